The van der Waals surface area contributed by atoms with Crippen molar-refractivity contribution in [1.29, 1.82) is 0 Å². The summed E-state index contributed by atoms with van der Waals surface area (Å²) < 4.78 is 0. The average Bonchev–Trinajstić information content (AvgIpc) is 2.50. The fourth-order valence-electron chi connectivity index (χ4n) is 2.12. The number of aryl methyl sites for hydroxylation is 2. The number of hydrogen-bond donors (Lipinski definition) is 2. The zero-order chi connectivity index (χ0) is 16.1. The molecule has 0 aromatic heterocycles. The van der Waals surface area contributed by atoms with E-state index in [2.05, 4.69) is 5.32 Å². The van der Waals surface area contributed by atoms with Crippen LogP contribution in [0.3, 0.4) is 0 Å². The molecule has 3 nitrogen and oxygen atoms in total. The van der Waals surface area contributed by atoms with Crippen LogP contribution in [0.1, 0.15) is 24.5 Å². The average molecular weight is 314 g/mol. The Labute approximate surface area is 136 Å². The predicted octanol–water partition coefficient (Wildman–Crippen LogP) is 4.40. The molecule has 22 heavy (non-hydrogen) atoms. The van der Waals surface area contributed by atoms with E-state index in [9.17, 15) is 4.79 Å². The molecule has 1 unspecified atom stereocenters. The van der Waals surface area contributed by atoms with Crippen molar-refractivity contribution in [3.8, 4) is 0 Å². The summed E-state index contributed by atoms with van der Waals surface area (Å²) in [6.07, 6.45) is 0.770. The van der Waals surface area contributed by atoms with Crippen LogP contribution in [0.4, 0.5) is 11.4 Å². The molecule has 0 saturated heterocycles. The number of anilines is 2. The second-order valence-electron chi connectivity index (χ2n) is 5.39. The number of nitrogens with one attached hydrogen (secondary N) is 1. The third kappa shape index (κ3) is 4.28. The molecule has 0 spiro atoms. The monoisotopic (exact) mass is 314 g/mol. The van der Waals surface area contributed by atoms with Gasteiger partial charge in [0.05, 0.1) is 5.25 Å². The summed E-state index contributed by atoms with van der Waals surface area (Å²) in [4.78, 5) is 13.6. The summed E-state index contributed by atoms with van der Waals surface area (Å²) >= 11 is 1.57. The number of carbonyl (C=O) groups is 1. The fraction of sp³-hybridized carbons (Fsp3) is 0.278. The Morgan fingerprint density at radius 3 is 2.50 bits per heavy atom. The first-order valence-electron chi connectivity index (χ1n) is 7.40. The number of thioether (sulfide) groups is 1. The smallest absolute Gasteiger partial charge is 0.237 e. The largest absolute Gasteiger partial charge is 0.399 e. The Bertz CT molecular complexity index is 653. The first-order chi connectivity index (χ1) is 10.5. The summed E-state index contributed by atoms with van der Waals surface area (Å²) in [6.45, 7) is 6.05. The summed E-state index contributed by atoms with van der Waals surface area (Å²) in [6, 6.07) is 13.7. The van der Waals surface area contributed by atoms with E-state index in [1.807, 2.05) is 63.2 Å². The molecule has 0 fully saturated rings. The lowest BCUT2D eigenvalue weighted by Gasteiger charge is -2.16. The molecule has 4 heteroatoms. The van der Waals surface area contributed by atoms with Crippen molar-refractivity contribution in [2.24, 2.45) is 0 Å². The molecule has 0 aliphatic rings. The van der Waals surface area contributed by atoms with Crippen LogP contribution in [-0.2, 0) is 4.79 Å². The third-order valence-corrected chi connectivity index (χ3v) is 4.85. The number of rotatable bonds is 5. The Hall–Kier alpha value is -1.94. The van der Waals surface area contributed by atoms with E-state index < -0.39 is 0 Å². The van der Waals surface area contributed by atoms with Gasteiger partial charge in [-0.25, -0.2) is 0 Å². The fourth-order valence-corrected chi connectivity index (χ4v) is 3.07. The Morgan fingerprint density at radius 1 is 1.18 bits per heavy atom. The molecule has 2 aromatic rings. The molecule has 3 N–H and O–H groups in total. The highest BCUT2D eigenvalue weighted by atomic mass is 32.2. The lowest BCUT2D eigenvalue weighted by molar-refractivity contribution is -0.115. The maximum atomic E-state index is 12.5. The Kier molecular flexibility index (Phi) is 5.50. The van der Waals surface area contributed by atoms with E-state index >= 15 is 0 Å². The van der Waals surface area contributed by atoms with Crippen LogP contribution in [0.5, 0.6) is 0 Å². The molecule has 0 bridgehead atoms. The molecule has 2 rings (SSSR count). The van der Waals surface area contributed by atoms with E-state index in [4.69, 9.17) is 5.73 Å². The van der Waals surface area contributed by atoms with Gasteiger partial charge in [-0.2, -0.15) is 0 Å². The quantitative estimate of drug-likeness (QED) is 0.635. The van der Waals surface area contributed by atoms with E-state index in [-0.39, 0.29) is 11.2 Å². The van der Waals surface area contributed by atoms with Crippen molar-refractivity contribution >= 4 is 29.0 Å². The third-order valence-electron chi connectivity index (χ3n) is 3.47. The minimum Gasteiger partial charge on any atom is -0.399 e. The van der Waals surface area contributed by atoms with Gasteiger partial charge in [-0.3, -0.25) is 4.79 Å². The molecular formula is C18H22N2OS. The van der Waals surface area contributed by atoms with Crippen LogP contribution in [0.2, 0.25) is 0 Å². The van der Waals surface area contributed by atoms with Crippen LogP contribution in [0.15, 0.2) is 47.4 Å². The Morgan fingerprint density at radius 2 is 1.86 bits per heavy atom. The zero-order valence-electron chi connectivity index (χ0n) is 13.2. The van der Waals surface area contributed by atoms with E-state index in [1.54, 1.807) is 11.8 Å². The van der Waals surface area contributed by atoms with Crippen molar-refractivity contribution < 1.29 is 4.79 Å². The van der Waals surface area contributed by atoms with Crippen molar-refractivity contribution in [2.45, 2.75) is 37.3 Å². The van der Waals surface area contributed by atoms with Crippen LogP contribution < -0.4 is 11.1 Å². The molecule has 0 heterocycles. The van der Waals surface area contributed by atoms with Crippen molar-refractivity contribution in [2.75, 3.05) is 11.1 Å². The zero-order valence-corrected chi connectivity index (χ0v) is 14.0. The first kappa shape index (κ1) is 16.4. The van der Waals surface area contributed by atoms with Crippen molar-refractivity contribution in [3.05, 3.63) is 53.6 Å². The number of nitrogen functional groups attached to an aromatic ring is 1. The normalized spacial score (nSPS) is 12.0. The minimum absolute atomic E-state index is 0.0398. The lowest BCUT2D eigenvalue weighted by Crippen LogP contribution is -2.25. The van der Waals surface area contributed by atoms with Gasteiger partial charge in [0.1, 0.15) is 0 Å². The molecule has 0 aliphatic heterocycles. The summed E-state index contributed by atoms with van der Waals surface area (Å²) in [5, 5.41) is 2.93. The standard InChI is InChI=1S/C18H22N2OS/c1-4-17(22-15-9-7-14(19)8-10-15)18(21)20-16-11-12(2)5-6-13(16)3/h5-11,17H,4,19H2,1-3H3,(H,20,21). The number of hydrogen-bond acceptors (Lipinski definition) is 3. The first-order valence-corrected chi connectivity index (χ1v) is 8.28. The van der Waals surface area contributed by atoms with Gasteiger partial charge in [-0.05, 0) is 61.7 Å². The SMILES string of the molecule is CCC(Sc1ccc(N)cc1)C(=O)Nc1cc(C)ccc1C. The van der Waals surface area contributed by atoms with Crippen LogP contribution in [0.25, 0.3) is 0 Å². The predicted molar refractivity (Wildman–Crippen MR) is 95.3 cm³/mol. The van der Waals surface area contributed by atoms with Gasteiger partial charge < -0.3 is 11.1 Å². The molecular weight excluding hydrogens is 292 g/mol. The van der Waals surface area contributed by atoms with Crippen LogP contribution in [0, 0.1) is 13.8 Å². The van der Waals surface area contributed by atoms with Gasteiger partial charge in [0.2, 0.25) is 5.91 Å². The van der Waals surface area contributed by atoms with Gasteiger partial charge >= 0.3 is 0 Å². The van der Waals surface area contributed by atoms with Gasteiger partial charge in [0.15, 0.2) is 0 Å². The molecule has 0 aliphatic carbocycles. The van der Waals surface area contributed by atoms with Crippen molar-refractivity contribution in [1.82, 2.24) is 0 Å². The highest BCUT2D eigenvalue weighted by Crippen LogP contribution is 2.27. The lowest BCUT2D eigenvalue weighted by atomic mass is 10.1. The van der Waals surface area contributed by atoms with Gasteiger partial charge in [0, 0.05) is 16.3 Å². The van der Waals surface area contributed by atoms with Gasteiger partial charge in [0.25, 0.3) is 0 Å². The number of carbonyl (C=O) groups excluding carboxylic acids is 1. The van der Waals surface area contributed by atoms with Gasteiger partial charge in [-0.1, -0.05) is 19.1 Å². The second kappa shape index (κ2) is 7.36. The number of amides is 1. The minimum atomic E-state index is -0.122. The summed E-state index contributed by atoms with van der Waals surface area (Å²) in [5.41, 5.74) is 9.53. The topological polar surface area (TPSA) is 55.1 Å². The second-order valence-corrected chi connectivity index (χ2v) is 6.67. The Balaban J connectivity index is 2.08. The maximum Gasteiger partial charge on any atom is 0.237 e. The van der Waals surface area contributed by atoms with Crippen molar-refractivity contribution in [3.63, 3.8) is 0 Å². The van der Waals surface area contributed by atoms with Crippen LogP contribution >= 0.6 is 11.8 Å². The molecule has 0 radical (unpaired) electrons. The number of benzene rings is 2. The highest BCUT2D eigenvalue weighted by Gasteiger charge is 2.18. The molecule has 1 atom stereocenters. The van der Waals surface area contributed by atoms with Crippen LogP contribution in [-0.4, -0.2) is 11.2 Å². The molecule has 0 saturated carbocycles. The van der Waals surface area contributed by atoms with E-state index in [1.165, 1.54) is 0 Å². The van der Waals surface area contributed by atoms with E-state index in [0.717, 1.165) is 33.8 Å². The highest BCUT2D eigenvalue weighted by molar-refractivity contribution is 8.00. The molecule has 1 amide bonds. The summed E-state index contributed by atoms with van der Waals surface area (Å²) in [7, 11) is 0. The number of nitrogens with two attached hydrogens (primary N) is 1. The molecule has 2 aromatic carbocycles. The molecule has 116 valence electrons. The maximum absolute atomic E-state index is 12.5. The van der Waals surface area contributed by atoms with Gasteiger partial charge in [-0.15, -0.1) is 11.8 Å². The van der Waals surface area contributed by atoms with E-state index in [0.29, 0.717) is 0 Å². The summed E-state index contributed by atoms with van der Waals surface area (Å²) in [5.74, 6) is 0.0398.